The lowest BCUT2D eigenvalue weighted by molar-refractivity contribution is 0.0600. The number of anilines is 1. The zero-order valence-electron chi connectivity index (χ0n) is 14.8. The van der Waals surface area contributed by atoms with Gasteiger partial charge in [0.15, 0.2) is 0 Å². The number of benzene rings is 2. The summed E-state index contributed by atoms with van der Waals surface area (Å²) in [5.74, 6) is -0.260. The summed E-state index contributed by atoms with van der Waals surface area (Å²) < 4.78 is 38.2. The number of methoxy groups -OCH3 is 2. The molecule has 0 bridgehead atoms. The van der Waals surface area contributed by atoms with Crippen LogP contribution in [0.4, 0.5) is 5.69 Å². The molecule has 134 valence electrons. The van der Waals surface area contributed by atoms with Crippen molar-refractivity contribution in [1.29, 1.82) is 0 Å². The van der Waals surface area contributed by atoms with Gasteiger partial charge in [-0.25, -0.2) is 13.2 Å². The topological polar surface area (TPSA) is 81.7 Å². The first-order valence-electron chi connectivity index (χ1n) is 7.56. The van der Waals surface area contributed by atoms with Crippen molar-refractivity contribution in [2.75, 3.05) is 18.9 Å². The number of esters is 1. The third kappa shape index (κ3) is 3.93. The van der Waals surface area contributed by atoms with Gasteiger partial charge in [-0.15, -0.1) is 0 Å². The minimum Gasteiger partial charge on any atom is -0.495 e. The van der Waals surface area contributed by atoms with E-state index in [4.69, 9.17) is 4.74 Å². The molecule has 0 atom stereocenters. The van der Waals surface area contributed by atoms with Crippen LogP contribution in [0.25, 0.3) is 0 Å². The van der Waals surface area contributed by atoms with Crippen molar-refractivity contribution in [1.82, 2.24) is 0 Å². The molecule has 0 spiro atoms. The number of hydrogen-bond donors (Lipinski definition) is 1. The number of carbonyl (C=O) groups is 1. The Labute approximate surface area is 147 Å². The van der Waals surface area contributed by atoms with E-state index in [1.165, 1.54) is 32.4 Å². The lowest BCUT2D eigenvalue weighted by Crippen LogP contribution is -2.17. The van der Waals surface area contributed by atoms with E-state index in [1.807, 2.05) is 19.1 Å². The highest BCUT2D eigenvalue weighted by Gasteiger charge is 2.22. The van der Waals surface area contributed by atoms with Crippen molar-refractivity contribution in [2.45, 2.75) is 25.7 Å². The van der Waals surface area contributed by atoms with Crippen molar-refractivity contribution in [2.24, 2.45) is 0 Å². The predicted molar refractivity (Wildman–Crippen MR) is 95.8 cm³/mol. The van der Waals surface area contributed by atoms with Crippen LogP contribution in [-0.2, 0) is 14.8 Å². The zero-order chi connectivity index (χ0) is 18.8. The molecule has 0 heterocycles. The van der Waals surface area contributed by atoms with E-state index in [0.717, 1.165) is 5.56 Å². The van der Waals surface area contributed by atoms with Crippen LogP contribution in [0.5, 0.6) is 5.75 Å². The number of hydrogen-bond acceptors (Lipinski definition) is 5. The van der Waals surface area contributed by atoms with E-state index >= 15 is 0 Å². The molecule has 2 rings (SSSR count). The SMILES string of the molecule is COC(=O)c1ccc(OC)c(NS(=O)(=O)c2c(C)cc(C)cc2C)c1. The molecule has 0 aliphatic rings. The van der Waals surface area contributed by atoms with Crippen LogP contribution in [0, 0.1) is 20.8 Å². The van der Waals surface area contributed by atoms with Gasteiger partial charge < -0.3 is 9.47 Å². The van der Waals surface area contributed by atoms with Crippen molar-refractivity contribution in [3.05, 3.63) is 52.6 Å². The van der Waals surface area contributed by atoms with E-state index in [-0.39, 0.29) is 16.1 Å². The second kappa shape index (κ2) is 7.14. The normalized spacial score (nSPS) is 11.1. The first kappa shape index (κ1) is 18.8. The van der Waals surface area contributed by atoms with Crippen LogP contribution >= 0.6 is 0 Å². The summed E-state index contributed by atoms with van der Waals surface area (Å²) in [6, 6.07) is 8.03. The number of ether oxygens (including phenoxy) is 2. The Morgan fingerprint density at radius 1 is 1.00 bits per heavy atom. The zero-order valence-corrected chi connectivity index (χ0v) is 15.7. The smallest absolute Gasteiger partial charge is 0.337 e. The third-order valence-corrected chi connectivity index (χ3v) is 5.41. The van der Waals surface area contributed by atoms with Gasteiger partial charge >= 0.3 is 5.97 Å². The van der Waals surface area contributed by atoms with Gasteiger partial charge in [0.1, 0.15) is 5.75 Å². The second-order valence-corrected chi connectivity index (χ2v) is 7.36. The molecule has 2 aromatic rings. The lowest BCUT2D eigenvalue weighted by Gasteiger charge is -2.16. The van der Waals surface area contributed by atoms with Gasteiger partial charge in [-0.05, 0) is 50.1 Å². The fourth-order valence-electron chi connectivity index (χ4n) is 2.82. The first-order chi connectivity index (χ1) is 11.7. The molecule has 0 unspecified atom stereocenters. The average molecular weight is 363 g/mol. The molecule has 1 N–H and O–H groups in total. The van der Waals surface area contributed by atoms with E-state index < -0.39 is 16.0 Å². The maximum atomic E-state index is 12.9. The maximum Gasteiger partial charge on any atom is 0.337 e. The average Bonchev–Trinajstić information content (AvgIpc) is 2.52. The maximum absolute atomic E-state index is 12.9. The van der Waals surface area contributed by atoms with Gasteiger partial charge in [0.25, 0.3) is 10.0 Å². The van der Waals surface area contributed by atoms with Crippen molar-refractivity contribution in [3.63, 3.8) is 0 Å². The summed E-state index contributed by atoms with van der Waals surface area (Å²) >= 11 is 0. The van der Waals surface area contributed by atoms with Gasteiger partial charge in [-0.3, -0.25) is 4.72 Å². The first-order valence-corrected chi connectivity index (χ1v) is 9.05. The predicted octanol–water partition coefficient (Wildman–Crippen LogP) is 3.21. The molecule has 6 nitrogen and oxygen atoms in total. The van der Waals surface area contributed by atoms with Crippen LogP contribution in [0.15, 0.2) is 35.2 Å². The number of sulfonamides is 1. The Balaban J connectivity index is 2.53. The molecular formula is C18H21NO5S. The van der Waals surface area contributed by atoms with Gasteiger partial charge in [0, 0.05) is 0 Å². The quantitative estimate of drug-likeness (QED) is 0.825. The van der Waals surface area contributed by atoms with Crippen molar-refractivity contribution >= 4 is 21.7 Å². The van der Waals surface area contributed by atoms with Crippen molar-refractivity contribution in [3.8, 4) is 5.75 Å². The number of carbonyl (C=O) groups excluding carboxylic acids is 1. The molecule has 0 amide bonds. The number of rotatable bonds is 5. The molecule has 7 heteroatoms. The summed E-state index contributed by atoms with van der Waals surface area (Å²) in [6.45, 7) is 5.40. The van der Waals surface area contributed by atoms with Gasteiger partial charge in [0.05, 0.1) is 30.4 Å². The molecule has 0 aromatic heterocycles. The van der Waals surface area contributed by atoms with Gasteiger partial charge in [-0.2, -0.15) is 0 Å². The summed E-state index contributed by atoms with van der Waals surface area (Å²) in [7, 11) is -1.17. The summed E-state index contributed by atoms with van der Waals surface area (Å²) in [5.41, 5.74) is 2.67. The van der Waals surface area contributed by atoms with Crippen LogP contribution < -0.4 is 9.46 Å². The largest absolute Gasteiger partial charge is 0.495 e. The lowest BCUT2D eigenvalue weighted by atomic mass is 10.1. The van der Waals surface area contributed by atoms with Gasteiger partial charge in [-0.1, -0.05) is 17.7 Å². The standard InChI is InChI=1S/C18H21NO5S/c1-11-8-12(2)17(13(3)9-11)25(21,22)19-15-10-14(18(20)24-5)6-7-16(15)23-4/h6-10,19H,1-5H3. The molecule has 0 aliphatic heterocycles. The fourth-order valence-corrected chi connectivity index (χ4v) is 4.34. The van der Waals surface area contributed by atoms with Crippen LogP contribution in [0.3, 0.4) is 0 Å². The van der Waals surface area contributed by atoms with E-state index in [2.05, 4.69) is 9.46 Å². The minimum atomic E-state index is -3.86. The van der Waals surface area contributed by atoms with Crippen molar-refractivity contribution < 1.29 is 22.7 Å². The van der Waals surface area contributed by atoms with Gasteiger partial charge in [0.2, 0.25) is 0 Å². The van der Waals surface area contributed by atoms with E-state index in [1.54, 1.807) is 13.8 Å². The molecule has 2 aromatic carbocycles. The Morgan fingerprint density at radius 2 is 1.60 bits per heavy atom. The van der Waals surface area contributed by atoms with Crippen LogP contribution in [0.2, 0.25) is 0 Å². The summed E-state index contributed by atoms with van der Waals surface area (Å²) in [4.78, 5) is 11.9. The Hall–Kier alpha value is -2.54. The molecule has 0 aliphatic carbocycles. The monoisotopic (exact) mass is 363 g/mol. The fraction of sp³-hybridized carbons (Fsp3) is 0.278. The molecule has 25 heavy (non-hydrogen) atoms. The highest BCUT2D eigenvalue weighted by molar-refractivity contribution is 7.92. The highest BCUT2D eigenvalue weighted by atomic mass is 32.2. The minimum absolute atomic E-state index is 0.171. The third-order valence-electron chi connectivity index (χ3n) is 3.74. The molecule has 0 fully saturated rings. The van der Waals surface area contributed by atoms with E-state index in [0.29, 0.717) is 16.9 Å². The molecule has 0 saturated heterocycles. The molecular weight excluding hydrogens is 342 g/mol. The van der Waals surface area contributed by atoms with Crippen LogP contribution in [-0.4, -0.2) is 28.6 Å². The Bertz CT molecular complexity index is 896. The molecule has 0 radical (unpaired) electrons. The molecule has 0 saturated carbocycles. The number of nitrogens with one attached hydrogen (secondary N) is 1. The Morgan fingerprint density at radius 3 is 2.12 bits per heavy atom. The second-order valence-electron chi connectivity index (χ2n) is 5.74. The Kier molecular flexibility index (Phi) is 5.37. The number of aryl methyl sites for hydroxylation is 3. The summed E-state index contributed by atoms with van der Waals surface area (Å²) in [5, 5.41) is 0. The highest BCUT2D eigenvalue weighted by Crippen LogP contribution is 2.30. The summed E-state index contributed by atoms with van der Waals surface area (Å²) in [6.07, 6.45) is 0. The van der Waals surface area contributed by atoms with Crippen LogP contribution in [0.1, 0.15) is 27.0 Å². The van der Waals surface area contributed by atoms with E-state index in [9.17, 15) is 13.2 Å².